The second-order valence-electron chi connectivity index (χ2n) is 16.9. The average molecular weight is 812 g/mol. The first-order valence-corrected chi connectivity index (χ1v) is 20.4. The van der Waals surface area contributed by atoms with E-state index in [0.29, 0.717) is 30.8 Å². The maximum absolute atomic E-state index is 14.0. The summed E-state index contributed by atoms with van der Waals surface area (Å²) in [6.45, 7) is 7.23. The van der Waals surface area contributed by atoms with Crippen LogP contribution in [0.15, 0.2) is 48.7 Å². The molecule has 8 rings (SSSR count). The Morgan fingerprint density at radius 2 is 1.81 bits per heavy atom. The van der Waals surface area contributed by atoms with E-state index in [9.17, 15) is 23.2 Å². The summed E-state index contributed by atoms with van der Waals surface area (Å²) in [5.41, 5.74) is 6.36. The highest BCUT2D eigenvalue weighted by Gasteiger charge is 2.42. The maximum Gasteiger partial charge on any atom is 0.407 e. The normalized spacial score (nSPS) is 20.7. The maximum atomic E-state index is 14.0. The zero-order valence-electron chi connectivity index (χ0n) is 34.2. The number of amides is 3. The minimum Gasteiger partial charge on any atom is -0.488 e. The van der Waals surface area contributed by atoms with Gasteiger partial charge in [0.1, 0.15) is 30.0 Å². The number of aromatic nitrogens is 4. The van der Waals surface area contributed by atoms with Crippen molar-refractivity contribution in [1.29, 1.82) is 0 Å². The lowest BCUT2D eigenvalue weighted by Crippen LogP contribution is -2.51. The van der Waals surface area contributed by atoms with Crippen LogP contribution < -0.4 is 10.1 Å². The molecule has 312 valence electrons. The van der Waals surface area contributed by atoms with Crippen molar-refractivity contribution in [2.24, 2.45) is 17.8 Å². The molecule has 3 aromatic carbocycles. The largest absolute Gasteiger partial charge is 0.488 e. The zero-order chi connectivity index (χ0) is 41.7. The van der Waals surface area contributed by atoms with Gasteiger partial charge in [0.15, 0.2) is 0 Å². The highest BCUT2D eigenvalue weighted by Crippen LogP contribution is 2.44. The fourth-order valence-corrected chi connectivity index (χ4v) is 9.04. The number of carbonyl (C=O) groups excluding carboxylic acids is 3. The van der Waals surface area contributed by atoms with Gasteiger partial charge >= 0.3 is 12.7 Å². The number of hydrogen-bond acceptors (Lipinski definition) is 8. The second-order valence-corrected chi connectivity index (χ2v) is 16.9. The van der Waals surface area contributed by atoms with Crippen LogP contribution in [0.5, 0.6) is 5.75 Å². The van der Waals surface area contributed by atoms with Gasteiger partial charge in [-0.1, -0.05) is 45.9 Å². The fourth-order valence-electron chi connectivity index (χ4n) is 9.04. The van der Waals surface area contributed by atoms with Crippen LogP contribution in [0.2, 0.25) is 0 Å². The molecule has 0 spiro atoms. The topological polar surface area (TPSA) is 155 Å². The number of rotatable bonds is 11. The minimum atomic E-state index is -2.93. The van der Waals surface area contributed by atoms with Crippen LogP contribution in [0.25, 0.3) is 44.2 Å². The Hall–Kier alpha value is -5.57. The fraction of sp³-hybridized carbons (Fsp3) is 0.477. The molecular formula is C44H51F2N7O6. The van der Waals surface area contributed by atoms with Gasteiger partial charge in [-0.2, -0.15) is 8.78 Å². The van der Waals surface area contributed by atoms with Crippen LogP contribution in [0, 0.1) is 17.8 Å². The molecule has 0 radical (unpaired) electrons. The third-order valence-corrected chi connectivity index (χ3v) is 12.0. The van der Waals surface area contributed by atoms with Gasteiger partial charge < -0.3 is 39.3 Å². The van der Waals surface area contributed by atoms with Crippen molar-refractivity contribution in [3.05, 3.63) is 65.9 Å². The van der Waals surface area contributed by atoms with E-state index in [1.807, 2.05) is 43.1 Å². The highest BCUT2D eigenvalue weighted by molar-refractivity contribution is 6.07. The van der Waals surface area contributed by atoms with Gasteiger partial charge in [-0.05, 0) is 84.4 Å². The molecule has 0 unspecified atom stereocenters. The summed E-state index contributed by atoms with van der Waals surface area (Å²) in [5.74, 6) is 1.49. The molecule has 5 aromatic rings. The van der Waals surface area contributed by atoms with E-state index in [-0.39, 0.29) is 54.8 Å². The minimum absolute atomic E-state index is 0.0696. The van der Waals surface area contributed by atoms with Crippen molar-refractivity contribution in [1.82, 2.24) is 35.1 Å². The van der Waals surface area contributed by atoms with Crippen molar-refractivity contribution in [2.45, 2.75) is 97.7 Å². The Balaban J connectivity index is 1.07. The van der Waals surface area contributed by atoms with E-state index in [0.717, 1.165) is 68.7 Å². The second kappa shape index (κ2) is 16.2. The number of carbonyl (C=O) groups is 3. The van der Waals surface area contributed by atoms with Crippen LogP contribution in [0.3, 0.4) is 0 Å². The van der Waals surface area contributed by atoms with E-state index in [1.165, 1.54) is 7.11 Å². The number of aromatic amines is 2. The quantitative estimate of drug-likeness (QED) is 0.120. The summed E-state index contributed by atoms with van der Waals surface area (Å²) >= 11 is 0. The first kappa shape index (κ1) is 40.2. The van der Waals surface area contributed by atoms with E-state index in [4.69, 9.17) is 19.4 Å². The monoisotopic (exact) mass is 811 g/mol. The molecule has 2 saturated heterocycles. The van der Waals surface area contributed by atoms with Crippen LogP contribution in [-0.2, 0) is 25.7 Å². The standard InChI is InChI=1S/C44H51F2N7O6/c1-22(2)13-37(54)53-24(5)7-12-34(53)40-47-18-33(49-40)27-8-10-29-28(15-27)21-58-36-17-30-26(16-31(29)36)9-11-32-39(30)50-41(48-32)35-14-25(20-59-43(45)46)19-52(35)42(55)38(23(3)4)51-44(56)57-6/h8-11,15-18,22-25,34-35,38,43H,7,12-14,19-21H2,1-6H3,(H,47,49)(H,48,50)(H,51,56)/t24-,25-,34-,35-,38-/m0/s1. The van der Waals surface area contributed by atoms with E-state index < -0.39 is 24.8 Å². The number of likely N-dealkylation sites (tertiary alicyclic amines) is 2. The molecule has 3 amide bonds. The lowest BCUT2D eigenvalue weighted by atomic mass is 9.92. The van der Waals surface area contributed by atoms with Crippen LogP contribution >= 0.6 is 0 Å². The third-order valence-electron chi connectivity index (χ3n) is 12.0. The lowest BCUT2D eigenvalue weighted by Gasteiger charge is -2.30. The van der Waals surface area contributed by atoms with Crippen LogP contribution in [0.1, 0.15) is 89.6 Å². The van der Waals surface area contributed by atoms with E-state index in [2.05, 4.69) is 65.1 Å². The number of halogens is 2. The number of methoxy groups -OCH3 is 1. The molecule has 15 heteroatoms. The van der Waals surface area contributed by atoms with Gasteiger partial charge in [0, 0.05) is 35.9 Å². The Morgan fingerprint density at radius 1 is 1.00 bits per heavy atom. The molecule has 3 aliphatic heterocycles. The van der Waals surface area contributed by atoms with Crippen molar-refractivity contribution >= 4 is 39.7 Å². The predicted octanol–water partition coefficient (Wildman–Crippen LogP) is 8.27. The van der Waals surface area contributed by atoms with Gasteiger partial charge in [0.05, 0.1) is 48.7 Å². The molecule has 3 N–H and O–H groups in total. The first-order chi connectivity index (χ1) is 28.3. The Kier molecular flexibility index (Phi) is 11.1. The zero-order valence-corrected chi connectivity index (χ0v) is 34.2. The van der Waals surface area contributed by atoms with Gasteiger partial charge in [0.2, 0.25) is 11.8 Å². The van der Waals surface area contributed by atoms with E-state index >= 15 is 0 Å². The summed E-state index contributed by atoms with van der Waals surface area (Å²) in [6.07, 6.45) is 3.79. The first-order valence-electron chi connectivity index (χ1n) is 20.4. The molecule has 13 nitrogen and oxygen atoms in total. The molecule has 5 heterocycles. The molecule has 59 heavy (non-hydrogen) atoms. The Morgan fingerprint density at radius 3 is 2.56 bits per heavy atom. The van der Waals surface area contributed by atoms with Crippen molar-refractivity contribution < 1.29 is 37.4 Å². The van der Waals surface area contributed by atoms with Gasteiger partial charge in [-0.15, -0.1) is 0 Å². The van der Waals surface area contributed by atoms with Crippen molar-refractivity contribution in [2.75, 3.05) is 20.3 Å². The highest BCUT2D eigenvalue weighted by atomic mass is 19.3. The van der Waals surface area contributed by atoms with Crippen molar-refractivity contribution in [3.63, 3.8) is 0 Å². The molecule has 5 atom stereocenters. The molecule has 2 aromatic heterocycles. The predicted molar refractivity (Wildman–Crippen MR) is 217 cm³/mol. The number of fused-ring (bicyclic) bond motifs is 6. The van der Waals surface area contributed by atoms with Crippen LogP contribution in [0.4, 0.5) is 13.6 Å². The summed E-state index contributed by atoms with van der Waals surface area (Å²) in [5, 5.41) is 4.44. The van der Waals surface area contributed by atoms with Crippen LogP contribution in [-0.4, -0.2) is 86.6 Å². The molecule has 3 aliphatic rings. The number of alkyl halides is 2. The SMILES string of the molecule is COC(=O)N[C@H](C(=O)N1C[C@@H](COC(F)F)C[C@H]1c1nc2c(ccc3cc4c(cc32)OCc2cc(-c3cnc([C@@H]5CC[C@H](C)N5C(=O)CC(C)C)[nH]3)ccc2-4)[nH]1)C(C)C. The smallest absolute Gasteiger partial charge is 0.407 e. The molecule has 0 aliphatic carbocycles. The Bertz CT molecular complexity index is 2390. The summed E-state index contributed by atoms with van der Waals surface area (Å²) < 4.78 is 42.0. The average Bonchev–Trinajstić information content (AvgIpc) is 4.03. The lowest BCUT2D eigenvalue weighted by molar-refractivity contribution is -0.139. The van der Waals surface area contributed by atoms with Crippen molar-refractivity contribution in [3.8, 4) is 28.1 Å². The number of nitrogens with one attached hydrogen (secondary N) is 3. The number of benzene rings is 3. The number of nitrogens with zero attached hydrogens (tertiary/aromatic N) is 4. The van der Waals surface area contributed by atoms with E-state index in [1.54, 1.807) is 4.90 Å². The number of H-pyrrole nitrogens is 2. The summed E-state index contributed by atoms with van der Waals surface area (Å²) in [7, 11) is 1.23. The van der Waals surface area contributed by atoms with Gasteiger partial charge in [-0.3, -0.25) is 9.59 Å². The molecule has 2 fully saturated rings. The van der Waals surface area contributed by atoms with Gasteiger partial charge in [0.25, 0.3) is 0 Å². The molecular weight excluding hydrogens is 761 g/mol. The summed E-state index contributed by atoms with van der Waals surface area (Å²) in [6, 6.07) is 13.0. The number of hydrogen-bond donors (Lipinski definition) is 3. The molecule has 0 saturated carbocycles. The number of alkyl carbamates (subject to hydrolysis) is 1. The number of imidazole rings is 2. The van der Waals surface area contributed by atoms with Gasteiger partial charge in [-0.25, -0.2) is 14.8 Å². The third kappa shape index (κ3) is 7.84. The summed E-state index contributed by atoms with van der Waals surface area (Å²) in [4.78, 5) is 59.7. The molecule has 0 bridgehead atoms. The Labute approximate surface area is 341 Å². The number of ether oxygens (including phenoxy) is 3.